The van der Waals surface area contributed by atoms with Crippen LogP contribution in [0.25, 0.3) is 0 Å². The SMILES string of the molecule is CCNC(=NCCCCOCC)N1CCC(CN(CC)C(=O)OC(C)(C)C)CC1.I. The first kappa shape index (κ1) is 29.2. The number of carbonyl (C=O) groups is 1. The third-order valence-electron chi connectivity index (χ3n) is 4.92. The van der Waals surface area contributed by atoms with Crippen LogP contribution in [0.2, 0.25) is 0 Å². The second-order valence-corrected chi connectivity index (χ2v) is 8.59. The van der Waals surface area contributed by atoms with Gasteiger partial charge >= 0.3 is 6.09 Å². The largest absolute Gasteiger partial charge is 0.444 e. The van der Waals surface area contributed by atoms with Crippen molar-refractivity contribution >= 4 is 36.0 Å². The van der Waals surface area contributed by atoms with Crippen molar-refractivity contribution in [1.29, 1.82) is 0 Å². The molecule has 1 aliphatic heterocycles. The van der Waals surface area contributed by atoms with E-state index in [-0.39, 0.29) is 30.1 Å². The lowest BCUT2D eigenvalue weighted by atomic mass is 9.96. The first-order valence-electron chi connectivity index (χ1n) is 11.4. The normalized spacial score (nSPS) is 15.5. The van der Waals surface area contributed by atoms with E-state index in [4.69, 9.17) is 14.5 Å². The monoisotopic (exact) mass is 540 g/mol. The van der Waals surface area contributed by atoms with Crippen LogP contribution < -0.4 is 5.32 Å². The van der Waals surface area contributed by atoms with Crippen LogP contribution in [-0.4, -0.2) is 79.9 Å². The highest BCUT2D eigenvalue weighted by molar-refractivity contribution is 14.0. The molecule has 0 spiro atoms. The average molecular weight is 541 g/mol. The number of halogens is 1. The zero-order chi connectivity index (χ0) is 21.7. The number of piperidine rings is 1. The number of hydrogen-bond acceptors (Lipinski definition) is 4. The highest BCUT2D eigenvalue weighted by Gasteiger charge is 2.27. The molecular formula is C22H45IN4O3. The maximum Gasteiger partial charge on any atom is 0.410 e. The molecule has 30 heavy (non-hydrogen) atoms. The summed E-state index contributed by atoms with van der Waals surface area (Å²) in [4.78, 5) is 21.4. The van der Waals surface area contributed by atoms with Crippen molar-refractivity contribution in [3.63, 3.8) is 0 Å². The molecule has 1 amide bonds. The van der Waals surface area contributed by atoms with Crippen LogP contribution in [0.5, 0.6) is 0 Å². The molecule has 0 aromatic heterocycles. The highest BCUT2D eigenvalue weighted by Crippen LogP contribution is 2.20. The van der Waals surface area contributed by atoms with Gasteiger partial charge in [0.15, 0.2) is 5.96 Å². The van der Waals surface area contributed by atoms with Gasteiger partial charge in [0.2, 0.25) is 0 Å². The van der Waals surface area contributed by atoms with Crippen LogP contribution in [0, 0.1) is 5.92 Å². The third kappa shape index (κ3) is 12.2. The molecule has 1 fully saturated rings. The van der Waals surface area contributed by atoms with E-state index in [1.165, 1.54) is 0 Å². The van der Waals surface area contributed by atoms with Gasteiger partial charge in [-0.1, -0.05) is 0 Å². The summed E-state index contributed by atoms with van der Waals surface area (Å²) in [5.74, 6) is 1.52. The van der Waals surface area contributed by atoms with E-state index >= 15 is 0 Å². The highest BCUT2D eigenvalue weighted by atomic mass is 127. The smallest absolute Gasteiger partial charge is 0.410 e. The molecule has 1 N–H and O–H groups in total. The van der Waals surface area contributed by atoms with Crippen molar-refractivity contribution in [3.05, 3.63) is 0 Å². The lowest BCUT2D eigenvalue weighted by molar-refractivity contribution is 0.0214. The number of ether oxygens (including phenoxy) is 2. The molecule has 0 bridgehead atoms. The van der Waals surface area contributed by atoms with Gasteiger partial charge in [-0.3, -0.25) is 4.99 Å². The van der Waals surface area contributed by atoms with E-state index in [0.29, 0.717) is 12.5 Å². The van der Waals surface area contributed by atoms with Crippen LogP contribution in [0.1, 0.15) is 67.2 Å². The Kier molecular flexibility index (Phi) is 15.5. The first-order chi connectivity index (χ1) is 13.8. The fourth-order valence-corrected chi connectivity index (χ4v) is 3.37. The number of likely N-dealkylation sites (tertiary alicyclic amines) is 1. The minimum Gasteiger partial charge on any atom is -0.444 e. The number of hydrogen-bond donors (Lipinski definition) is 1. The number of amides is 1. The predicted molar refractivity (Wildman–Crippen MR) is 135 cm³/mol. The van der Waals surface area contributed by atoms with Crippen LogP contribution in [-0.2, 0) is 9.47 Å². The molecule has 0 unspecified atom stereocenters. The number of nitrogens with zero attached hydrogens (tertiary/aromatic N) is 3. The van der Waals surface area contributed by atoms with Crippen molar-refractivity contribution in [2.75, 3.05) is 52.5 Å². The molecule has 1 aliphatic rings. The summed E-state index contributed by atoms with van der Waals surface area (Å²) in [6, 6.07) is 0. The topological polar surface area (TPSA) is 66.4 Å². The summed E-state index contributed by atoms with van der Waals surface area (Å²) < 4.78 is 10.9. The first-order valence-corrected chi connectivity index (χ1v) is 11.4. The van der Waals surface area contributed by atoms with Gasteiger partial charge in [0.25, 0.3) is 0 Å². The Balaban J connectivity index is 0.00000841. The molecule has 1 rings (SSSR count). The quantitative estimate of drug-likeness (QED) is 0.193. The van der Waals surface area contributed by atoms with Crippen LogP contribution in [0.4, 0.5) is 4.79 Å². The molecule has 0 aromatic rings. The molecule has 0 radical (unpaired) electrons. The van der Waals surface area contributed by atoms with Crippen LogP contribution in [0.15, 0.2) is 4.99 Å². The summed E-state index contributed by atoms with van der Waals surface area (Å²) in [6.07, 6.45) is 4.02. The van der Waals surface area contributed by atoms with E-state index in [1.807, 2.05) is 39.5 Å². The third-order valence-corrected chi connectivity index (χ3v) is 4.92. The molecule has 0 atom stereocenters. The molecule has 178 valence electrons. The molecule has 7 nitrogen and oxygen atoms in total. The fraction of sp³-hybridized carbons (Fsp3) is 0.909. The Morgan fingerprint density at radius 3 is 2.37 bits per heavy atom. The van der Waals surface area contributed by atoms with Crippen molar-refractivity contribution < 1.29 is 14.3 Å². The standard InChI is InChI=1S/C22H44N4O3.HI/c1-7-23-20(24-14-10-11-17-28-9-3)26-15-12-19(13-16-26)18-25(8-2)21(27)29-22(4,5)6;/h19H,7-18H2,1-6H3,(H,23,24);1H. The predicted octanol–water partition coefficient (Wildman–Crippen LogP) is 4.36. The number of rotatable bonds is 10. The second-order valence-electron chi connectivity index (χ2n) is 8.59. The molecular weight excluding hydrogens is 495 g/mol. The molecule has 0 aromatic carbocycles. The van der Waals surface area contributed by atoms with Gasteiger partial charge in [0.05, 0.1) is 0 Å². The Hall–Kier alpha value is -0.770. The zero-order valence-electron chi connectivity index (χ0n) is 20.0. The van der Waals surface area contributed by atoms with Crippen molar-refractivity contribution in [3.8, 4) is 0 Å². The lowest BCUT2D eigenvalue weighted by Crippen LogP contribution is -2.48. The van der Waals surface area contributed by atoms with E-state index < -0.39 is 5.60 Å². The van der Waals surface area contributed by atoms with Gasteiger partial charge in [0, 0.05) is 52.5 Å². The van der Waals surface area contributed by atoms with E-state index in [0.717, 1.165) is 77.6 Å². The minimum absolute atomic E-state index is 0. The average Bonchev–Trinajstić information content (AvgIpc) is 2.67. The summed E-state index contributed by atoms with van der Waals surface area (Å²) in [6.45, 7) is 18.6. The number of aliphatic imine (C=N–C) groups is 1. The number of unbranched alkanes of at least 4 members (excludes halogenated alkanes) is 1. The van der Waals surface area contributed by atoms with E-state index in [1.54, 1.807) is 0 Å². The van der Waals surface area contributed by atoms with Gasteiger partial charge in [0.1, 0.15) is 5.60 Å². The maximum absolute atomic E-state index is 12.4. The van der Waals surface area contributed by atoms with Crippen LogP contribution >= 0.6 is 24.0 Å². The lowest BCUT2D eigenvalue weighted by Gasteiger charge is -2.36. The van der Waals surface area contributed by atoms with E-state index in [2.05, 4.69) is 17.1 Å². The van der Waals surface area contributed by atoms with Gasteiger partial charge in [-0.2, -0.15) is 0 Å². The summed E-state index contributed by atoms with van der Waals surface area (Å²) in [5, 5.41) is 3.43. The maximum atomic E-state index is 12.4. The second kappa shape index (κ2) is 15.9. The summed E-state index contributed by atoms with van der Waals surface area (Å²) in [5.41, 5.74) is -0.451. The van der Waals surface area contributed by atoms with Gasteiger partial charge in [-0.15, -0.1) is 24.0 Å². The zero-order valence-corrected chi connectivity index (χ0v) is 22.4. The molecule has 1 heterocycles. The number of nitrogens with one attached hydrogen (secondary N) is 1. The Morgan fingerprint density at radius 1 is 1.17 bits per heavy atom. The Labute approximate surface area is 201 Å². The van der Waals surface area contributed by atoms with Gasteiger partial charge < -0.3 is 24.6 Å². The number of carbonyl (C=O) groups excluding carboxylic acids is 1. The minimum atomic E-state index is -0.451. The number of guanidine groups is 1. The summed E-state index contributed by atoms with van der Waals surface area (Å²) in [7, 11) is 0. The van der Waals surface area contributed by atoms with Gasteiger partial charge in [-0.25, -0.2) is 4.79 Å². The molecule has 0 aliphatic carbocycles. The Bertz CT molecular complexity index is 489. The van der Waals surface area contributed by atoms with Crippen molar-refractivity contribution in [1.82, 2.24) is 15.1 Å². The molecule has 0 saturated carbocycles. The molecule has 8 heteroatoms. The van der Waals surface area contributed by atoms with Crippen molar-refractivity contribution in [2.45, 2.75) is 72.8 Å². The van der Waals surface area contributed by atoms with Gasteiger partial charge in [-0.05, 0) is 73.1 Å². The molecule has 1 saturated heterocycles. The van der Waals surface area contributed by atoms with Crippen molar-refractivity contribution in [2.24, 2.45) is 10.9 Å². The van der Waals surface area contributed by atoms with E-state index in [9.17, 15) is 4.79 Å². The fourth-order valence-electron chi connectivity index (χ4n) is 3.37. The Morgan fingerprint density at radius 2 is 1.83 bits per heavy atom. The van der Waals surface area contributed by atoms with Crippen LogP contribution in [0.3, 0.4) is 0 Å². The summed E-state index contributed by atoms with van der Waals surface area (Å²) >= 11 is 0.